The zero-order chi connectivity index (χ0) is 15.6. The number of halogens is 1. The third-order valence-corrected chi connectivity index (χ3v) is 4.34. The molecule has 114 valence electrons. The maximum Gasteiger partial charge on any atom is 0.241 e. The second-order valence-electron chi connectivity index (χ2n) is 4.42. The molecule has 0 saturated heterocycles. The molecule has 2 rings (SSSR count). The van der Waals surface area contributed by atoms with Gasteiger partial charge in [0, 0.05) is 5.56 Å². The molecule has 0 unspecified atom stereocenters. The summed E-state index contributed by atoms with van der Waals surface area (Å²) >= 11 is 0. The molecule has 0 atom stereocenters. The molecule has 0 radical (unpaired) electrons. The van der Waals surface area contributed by atoms with E-state index >= 15 is 0 Å². The lowest BCUT2D eigenvalue weighted by atomic mass is 10.1. The number of benzene rings is 1. The molecule has 0 bridgehead atoms. The Morgan fingerprint density at radius 1 is 1.38 bits per heavy atom. The zero-order valence-electron chi connectivity index (χ0n) is 11.4. The minimum absolute atomic E-state index is 0.0265. The van der Waals surface area contributed by atoms with Crippen molar-refractivity contribution in [1.29, 1.82) is 0 Å². The topological polar surface area (TPSA) is 105 Å². The van der Waals surface area contributed by atoms with Crippen LogP contribution >= 0.6 is 0 Å². The van der Waals surface area contributed by atoms with Crippen LogP contribution < -0.4 is 4.72 Å². The standard InChI is InChI=1S/C12H14FN3O4S/c1-7-10(13)3-9(6-17)4-11(7)21(18,19)14-5-12-15-8(2)16-20-12/h3-4,14,17H,5-6H2,1-2H3. The number of nitrogens with zero attached hydrogens (tertiary/aromatic N) is 2. The molecule has 1 heterocycles. The van der Waals surface area contributed by atoms with Gasteiger partial charge in [0.2, 0.25) is 15.9 Å². The molecule has 2 N–H and O–H groups in total. The Labute approximate surface area is 120 Å². The molecule has 1 aromatic carbocycles. The van der Waals surface area contributed by atoms with E-state index in [9.17, 15) is 12.8 Å². The predicted molar refractivity (Wildman–Crippen MR) is 70.1 cm³/mol. The number of aromatic nitrogens is 2. The van der Waals surface area contributed by atoms with Gasteiger partial charge in [0.15, 0.2) is 5.82 Å². The van der Waals surface area contributed by atoms with Crippen LogP contribution in [-0.2, 0) is 23.2 Å². The fraction of sp³-hybridized carbons (Fsp3) is 0.333. The minimum Gasteiger partial charge on any atom is -0.392 e. The number of sulfonamides is 1. The van der Waals surface area contributed by atoms with Gasteiger partial charge in [-0.05, 0) is 31.5 Å². The molecule has 0 fully saturated rings. The SMILES string of the molecule is Cc1noc(CNS(=O)(=O)c2cc(CO)cc(F)c2C)n1. The van der Waals surface area contributed by atoms with Crippen molar-refractivity contribution < 1.29 is 22.4 Å². The highest BCUT2D eigenvalue weighted by atomic mass is 32.2. The van der Waals surface area contributed by atoms with Crippen molar-refractivity contribution in [3.8, 4) is 0 Å². The zero-order valence-corrected chi connectivity index (χ0v) is 12.2. The maximum absolute atomic E-state index is 13.7. The van der Waals surface area contributed by atoms with Gasteiger partial charge in [-0.25, -0.2) is 17.5 Å². The normalized spacial score (nSPS) is 11.8. The van der Waals surface area contributed by atoms with Crippen molar-refractivity contribution in [2.75, 3.05) is 0 Å². The van der Waals surface area contributed by atoms with Crippen LogP contribution in [0.1, 0.15) is 22.8 Å². The van der Waals surface area contributed by atoms with E-state index in [0.717, 1.165) is 6.07 Å². The molecular weight excluding hydrogens is 301 g/mol. The highest BCUT2D eigenvalue weighted by molar-refractivity contribution is 7.89. The van der Waals surface area contributed by atoms with Gasteiger partial charge in [-0.2, -0.15) is 4.98 Å². The summed E-state index contributed by atoms with van der Waals surface area (Å²) in [6, 6.07) is 2.32. The smallest absolute Gasteiger partial charge is 0.241 e. The lowest BCUT2D eigenvalue weighted by molar-refractivity contribution is 0.281. The van der Waals surface area contributed by atoms with Crippen LogP contribution in [0.2, 0.25) is 0 Å². The molecule has 0 spiro atoms. The van der Waals surface area contributed by atoms with Gasteiger partial charge in [-0.15, -0.1) is 0 Å². The average Bonchev–Trinajstić information content (AvgIpc) is 2.85. The van der Waals surface area contributed by atoms with Gasteiger partial charge in [0.25, 0.3) is 0 Å². The van der Waals surface area contributed by atoms with Crippen molar-refractivity contribution in [3.63, 3.8) is 0 Å². The first-order chi connectivity index (χ1) is 9.83. The first-order valence-electron chi connectivity index (χ1n) is 6.02. The van der Waals surface area contributed by atoms with Crippen molar-refractivity contribution in [2.24, 2.45) is 0 Å². The maximum atomic E-state index is 13.7. The molecule has 1 aromatic heterocycles. The second kappa shape index (κ2) is 5.88. The number of aryl methyl sites for hydroxylation is 1. The van der Waals surface area contributed by atoms with Crippen LogP contribution in [0.25, 0.3) is 0 Å². The second-order valence-corrected chi connectivity index (χ2v) is 6.15. The van der Waals surface area contributed by atoms with Crippen LogP contribution in [0.3, 0.4) is 0 Å². The largest absolute Gasteiger partial charge is 0.392 e. The van der Waals surface area contributed by atoms with Crippen LogP contribution in [0, 0.1) is 19.7 Å². The third-order valence-electron chi connectivity index (χ3n) is 2.81. The quantitative estimate of drug-likeness (QED) is 0.845. The molecule has 0 aliphatic carbocycles. The summed E-state index contributed by atoms with van der Waals surface area (Å²) in [5, 5.41) is 12.6. The molecule has 2 aromatic rings. The van der Waals surface area contributed by atoms with Crippen molar-refractivity contribution in [1.82, 2.24) is 14.9 Å². The lowest BCUT2D eigenvalue weighted by Crippen LogP contribution is -2.24. The number of hydrogen-bond acceptors (Lipinski definition) is 6. The summed E-state index contributed by atoms with van der Waals surface area (Å²) in [6.07, 6.45) is 0. The number of aliphatic hydroxyl groups is 1. The van der Waals surface area contributed by atoms with Gasteiger partial charge >= 0.3 is 0 Å². The minimum atomic E-state index is -3.96. The van der Waals surface area contributed by atoms with Gasteiger partial charge in [0.05, 0.1) is 18.0 Å². The molecular formula is C12H14FN3O4S. The van der Waals surface area contributed by atoms with Gasteiger partial charge in [0.1, 0.15) is 5.82 Å². The van der Waals surface area contributed by atoms with E-state index in [1.807, 2.05) is 0 Å². The Hall–Kier alpha value is -1.84. The molecule has 9 heteroatoms. The molecule has 0 aliphatic heterocycles. The predicted octanol–water partition coefficient (Wildman–Crippen LogP) is 0.796. The summed E-state index contributed by atoms with van der Waals surface area (Å²) in [6.45, 7) is 2.30. The van der Waals surface area contributed by atoms with Crippen LogP contribution in [0.4, 0.5) is 4.39 Å². The van der Waals surface area contributed by atoms with Crippen molar-refractivity contribution in [2.45, 2.75) is 31.9 Å². The Bertz CT molecular complexity index is 758. The highest BCUT2D eigenvalue weighted by Gasteiger charge is 2.21. The Kier molecular flexibility index (Phi) is 4.35. The number of nitrogens with one attached hydrogen (secondary N) is 1. The monoisotopic (exact) mass is 315 g/mol. The molecule has 0 aliphatic rings. The van der Waals surface area contributed by atoms with Crippen LogP contribution in [0.5, 0.6) is 0 Å². The third kappa shape index (κ3) is 3.43. The van der Waals surface area contributed by atoms with Crippen molar-refractivity contribution >= 4 is 10.0 Å². The fourth-order valence-corrected chi connectivity index (χ4v) is 3.00. The van der Waals surface area contributed by atoms with E-state index in [-0.39, 0.29) is 28.5 Å². The van der Waals surface area contributed by atoms with E-state index in [0.29, 0.717) is 5.82 Å². The van der Waals surface area contributed by atoms with Crippen LogP contribution in [0.15, 0.2) is 21.6 Å². The summed E-state index contributed by atoms with van der Waals surface area (Å²) in [4.78, 5) is 3.63. The summed E-state index contributed by atoms with van der Waals surface area (Å²) in [5.41, 5.74) is 0.147. The van der Waals surface area contributed by atoms with E-state index in [4.69, 9.17) is 9.63 Å². The summed E-state index contributed by atoms with van der Waals surface area (Å²) in [5.74, 6) is -0.211. The van der Waals surface area contributed by atoms with E-state index in [2.05, 4.69) is 14.9 Å². The summed E-state index contributed by atoms with van der Waals surface area (Å²) in [7, 11) is -3.96. The van der Waals surface area contributed by atoms with E-state index < -0.39 is 22.4 Å². The van der Waals surface area contributed by atoms with Crippen molar-refractivity contribution in [3.05, 3.63) is 40.8 Å². The first-order valence-corrected chi connectivity index (χ1v) is 7.50. The van der Waals surface area contributed by atoms with E-state index in [1.54, 1.807) is 6.92 Å². The Morgan fingerprint density at radius 2 is 2.10 bits per heavy atom. The van der Waals surface area contributed by atoms with Gasteiger partial charge in [-0.3, -0.25) is 0 Å². The molecule has 7 nitrogen and oxygen atoms in total. The van der Waals surface area contributed by atoms with Gasteiger partial charge in [-0.1, -0.05) is 5.16 Å². The highest BCUT2D eigenvalue weighted by Crippen LogP contribution is 2.20. The summed E-state index contributed by atoms with van der Waals surface area (Å²) < 4.78 is 45.1. The van der Waals surface area contributed by atoms with Gasteiger partial charge < -0.3 is 9.63 Å². The van der Waals surface area contributed by atoms with Crippen LogP contribution in [-0.4, -0.2) is 23.7 Å². The Morgan fingerprint density at radius 3 is 2.67 bits per heavy atom. The molecule has 0 saturated carbocycles. The fourth-order valence-electron chi connectivity index (χ4n) is 1.72. The molecule has 0 amide bonds. The average molecular weight is 315 g/mol. The number of aliphatic hydroxyl groups excluding tert-OH is 1. The Balaban J connectivity index is 2.29. The lowest BCUT2D eigenvalue weighted by Gasteiger charge is -2.10. The number of hydrogen-bond donors (Lipinski definition) is 2. The van der Waals surface area contributed by atoms with E-state index in [1.165, 1.54) is 13.0 Å². The first kappa shape index (κ1) is 15.5. The molecule has 21 heavy (non-hydrogen) atoms. The number of rotatable bonds is 5.